The third-order valence-electron chi connectivity index (χ3n) is 5.62. The molecule has 178 valence electrons. The first-order valence-corrected chi connectivity index (χ1v) is 12.4. The molecule has 0 unspecified atom stereocenters. The number of ether oxygens (including phenoxy) is 1. The maximum Gasteiger partial charge on any atom is 0.244 e. The number of nitrogens with one attached hydrogen (secondary N) is 1. The van der Waals surface area contributed by atoms with Gasteiger partial charge >= 0.3 is 0 Å². The van der Waals surface area contributed by atoms with Crippen LogP contribution in [0.5, 0.6) is 11.5 Å². The van der Waals surface area contributed by atoms with Crippen molar-refractivity contribution in [3.8, 4) is 22.6 Å². The van der Waals surface area contributed by atoms with Gasteiger partial charge in [0.15, 0.2) is 0 Å². The molecule has 5 rings (SSSR count). The summed E-state index contributed by atoms with van der Waals surface area (Å²) in [6.45, 7) is 0.517. The molecule has 6 nitrogen and oxygen atoms in total. The average molecular weight is 493 g/mol. The van der Waals surface area contributed by atoms with E-state index in [9.17, 15) is 4.79 Å². The van der Waals surface area contributed by atoms with Gasteiger partial charge in [0.05, 0.1) is 0 Å². The van der Waals surface area contributed by atoms with Gasteiger partial charge in [-0.25, -0.2) is 4.98 Å². The lowest BCUT2D eigenvalue weighted by Gasteiger charge is -2.07. The number of anilines is 1. The van der Waals surface area contributed by atoms with Gasteiger partial charge in [0.25, 0.3) is 0 Å². The predicted molar refractivity (Wildman–Crippen MR) is 146 cm³/mol. The van der Waals surface area contributed by atoms with Crippen LogP contribution in [0.25, 0.3) is 27.3 Å². The number of nitrogens with two attached hydrogens (primary N) is 1. The van der Waals surface area contributed by atoms with E-state index in [0.29, 0.717) is 18.8 Å². The van der Waals surface area contributed by atoms with Crippen molar-refractivity contribution < 1.29 is 9.53 Å². The van der Waals surface area contributed by atoms with E-state index < -0.39 is 0 Å². The van der Waals surface area contributed by atoms with E-state index >= 15 is 0 Å². The fourth-order valence-electron chi connectivity index (χ4n) is 3.83. The molecule has 0 aliphatic rings. The minimum absolute atomic E-state index is 0.165. The van der Waals surface area contributed by atoms with Crippen LogP contribution in [0, 0.1) is 0 Å². The normalized spacial score (nSPS) is 11.1. The maximum atomic E-state index is 12.3. The van der Waals surface area contributed by atoms with Gasteiger partial charge in [0, 0.05) is 58.3 Å². The van der Waals surface area contributed by atoms with Gasteiger partial charge in [0.2, 0.25) is 5.91 Å². The van der Waals surface area contributed by atoms with E-state index in [0.717, 1.165) is 44.0 Å². The summed E-state index contributed by atoms with van der Waals surface area (Å²) in [6, 6.07) is 23.3. The Hall–Kier alpha value is -4.49. The molecule has 0 spiro atoms. The molecule has 5 aromatic rings. The van der Waals surface area contributed by atoms with Crippen LogP contribution in [-0.2, 0) is 11.2 Å². The average Bonchev–Trinajstić information content (AvgIpc) is 3.36. The lowest BCUT2D eigenvalue weighted by molar-refractivity contribution is -0.116. The van der Waals surface area contributed by atoms with E-state index in [-0.39, 0.29) is 5.91 Å². The second kappa shape index (κ2) is 10.8. The van der Waals surface area contributed by atoms with Crippen LogP contribution in [0.2, 0.25) is 0 Å². The van der Waals surface area contributed by atoms with Crippen LogP contribution in [0.15, 0.2) is 96.6 Å². The largest absolute Gasteiger partial charge is 0.457 e. The molecule has 3 N–H and O–H groups in total. The number of aromatic nitrogens is 2. The second-order valence-electron chi connectivity index (χ2n) is 8.09. The highest BCUT2D eigenvalue weighted by Crippen LogP contribution is 2.39. The number of rotatable bonds is 8. The number of carbonyl (C=O) groups is 1. The topological polar surface area (TPSA) is 90.1 Å². The Morgan fingerprint density at radius 1 is 0.972 bits per heavy atom. The predicted octanol–water partition coefficient (Wildman–Crippen LogP) is 6.10. The molecule has 0 saturated carbocycles. The van der Waals surface area contributed by atoms with Crippen molar-refractivity contribution in [2.45, 2.75) is 6.42 Å². The van der Waals surface area contributed by atoms with Gasteiger partial charge in [-0.15, -0.1) is 11.3 Å². The van der Waals surface area contributed by atoms with Crippen molar-refractivity contribution in [2.75, 3.05) is 12.3 Å². The first-order chi connectivity index (χ1) is 17.7. The summed E-state index contributed by atoms with van der Waals surface area (Å²) < 4.78 is 6.89. The number of amides is 1. The molecule has 0 bridgehead atoms. The number of thiophene rings is 1. The summed E-state index contributed by atoms with van der Waals surface area (Å²) in [4.78, 5) is 21.0. The number of benzene rings is 2. The fraction of sp³-hybridized carbons (Fsp3) is 0.0690. The molecular formula is C29H24N4O2S. The highest BCUT2D eigenvalue weighted by Gasteiger charge is 2.13. The van der Waals surface area contributed by atoms with Crippen LogP contribution >= 0.6 is 11.3 Å². The fourth-order valence-corrected chi connectivity index (χ4v) is 4.91. The van der Waals surface area contributed by atoms with Gasteiger partial charge < -0.3 is 15.8 Å². The molecule has 0 saturated heterocycles. The Morgan fingerprint density at radius 3 is 2.53 bits per heavy atom. The zero-order valence-electron chi connectivity index (χ0n) is 19.4. The summed E-state index contributed by atoms with van der Waals surface area (Å²) in [7, 11) is 0. The van der Waals surface area contributed by atoms with Crippen molar-refractivity contribution in [1.29, 1.82) is 0 Å². The number of fused-ring (bicyclic) bond motifs is 1. The first-order valence-electron chi connectivity index (χ1n) is 11.5. The van der Waals surface area contributed by atoms with Gasteiger partial charge in [-0.3, -0.25) is 9.78 Å². The van der Waals surface area contributed by atoms with Gasteiger partial charge in [-0.05, 0) is 53.4 Å². The zero-order valence-corrected chi connectivity index (χ0v) is 20.2. The Morgan fingerprint density at radius 2 is 1.75 bits per heavy atom. The summed E-state index contributed by atoms with van der Waals surface area (Å²) in [5.74, 6) is 1.84. The zero-order chi connectivity index (χ0) is 24.7. The van der Waals surface area contributed by atoms with E-state index in [2.05, 4.69) is 20.7 Å². The number of hydrogen-bond donors (Lipinski definition) is 2. The Labute approximate surface area is 213 Å². The molecule has 36 heavy (non-hydrogen) atoms. The van der Waals surface area contributed by atoms with E-state index in [1.165, 1.54) is 6.08 Å². The van der Waals surface area contributed by atoms with Crippen LogP contribution in [0.3, 0.4) is 0 Å². The summed E-state index contributed by atoms with van der Waals surface area (Å²) in [5, 5.41) is 5.85. The van der Waals surface area contributed by atoms with Crippen molar-refractivity contribution in [2.24, 2.45) is 0 Å². The van der Waals surface area contributed by atoms with Gasteiger partial charge in [-0.1, -0.05) is 36.4 Å². The molecule has 1 amide bonds. The standard InChI is InChI=1S/C29H24N4O2S/c30-29-27-25(20-9-12-24(13-10-20)35-23-7-2-1-3-8-23)19-36-28(27)21(18-33-29)11-14-26(34)32-17-15-22-6-4-5-16-31-22/h1-14,16,18-19H,15,17H2,(H2,30,33)(H,32,34). The van der Waals surface area contributed by atoms with Crippen LogP contribution in [-0.4, -0.2) is 22.4 Å². The summed E-state index contributed by atoms with van der Waals surface area (Å²) >= 11 is 1.58. The second-order valence-corrected chi connectivity index (χ2v) is 8.97. The van der Waals surface area contributed by atoms with Crippen molar-refractivity contribution in [3.05, 3.63) is 108 Å². The number of para-hydroxylation sites is 1. The van der Waals surface area contributed by atoms with Crippen molar-refractivity contribution in [1.82, 2.24) is 15.3 Å². The quantitative estimate of drug-likeness (QED) is 0.255. The maximum absolute atomic E-state index is 12.3. The van der Waals surface area contributed by atoms with Gasteiger partial charge in [-0.2, -0.15) is 0 Å². The summed E-state index contributed by atoms with van der Waals surface area (Å²) in [5.41, 5.74) is 10.1. The van der Waals surface area contributed by atoms with E-state index in [4.69, 9.17) is 10.5 Å². The minimum atomic E-state index is -0.165. The number of carbonyl (C=O) groups excluding carboxylic acids is 1. The molecule has 0 fully saturated rings. The molecular weight excluding hydrogens is 468 g/mol. The SMILES string of the molecule is Nc1ncc(C=CC(=O)NCCc2ccccn2)c2scc(-c3ccc(Oc4ccccc4)cc3)c12. The highest BCUT2D eigenvalue weighted by molar-refractivity contribution is 7.18. The molecule has 7 heteroatoms. The Kier molecular flexibility index (Phi) is 7.00. The first kappa shape index (κ1) is 23.3. The molecule has 2 aromatic carbocycles. The Balaban J connectivity index is 1.30. The molecule has 0 atom stereocenters. The highest BCUT2D eigenvalue weighted by atomic mass is 32.1. The smallest absolute Gasteiger partial charge is 0.244 e. The van der Waals surface area contributed by atoms with Crippen LogP contribution in [0.1, 0.15) is 11.3 Å². The lowest BCUT2D eigenvalue weighted by atomic mass is 10.0. The number of hydrogen-bond acceptors (Lipinski definition) is 6. The molecule has 3 aromatic heterocycles. The Bertz CT molecular complexity index is 1500. The number of nitrogen functional groups attached to an aromatic ring is 1. The monoisotopic (exact) mass is 492 g/mol. The third kappa shape index (κ3) is 5.42. The third-order valence-corrected chi connectivity index (χ3v) is 6.65. The van der Waals surface area contributed by atoms with Crippen molar-refractivity contribution >= 4 is 39.2 Å². The van der Waals surface area contributed by atoms with E-state index in [1.807, 2.05) is 72.8 Å². The number of nitrogens with zero attached hydrogens (tertiary/aromatic N) is 2. The van der Waals surface area contributed by atoms with Crippen LogP contribution in [0.4, 0.5) is 5.82 Å². The van der Waals surface area contributed by atoms with Crippen molar-refractivity contribution in [3.63, 3.8) is 0 Å². The molecule has 0 aliphatic carbocycles. The van der Waals surface area contributed by atoms with Crippen LogP contribution < -0.4 is 15.8 Å². The van der Waals surface area contributed by atoms with Gasteiger partial charge in [0.1, 0.15) is 17.3 Å². The number of pyridine rings is 2. The lowest BCUT2D eigenvalue weighted by Crippen LogP contribution is -2.23. The summed E-state index contributed by atoms with van der Waals surface area (Å²) in [6.07, 6.45) is 7.44. The van der Waals surface area contributed by atoms with E-state index in [1.54, 1.807) is 29.8 Å². The minimum Gasteiger partial charge on any atom is -0.457 e. The molecule has 3 heterocycles. The molecule has 0 radical (unpaired) electrons. The molecule has 0 aliphatic heterocycles.